The molecule has 0 aromatic heterocycles. The van der Waals surface area contributed by atoms with Crippen molar-refractivity contribution < 1.29 is 18.7 Å². The van der Waals surface area contributed by atoms with Crippen molar-refractivity contribution in [3.8, 4) is 0 Å². The first-order valence-corrected chi connectivity index (χ1v) is 5.29. The second-order valence-corrected chi connectivity index (χ2v) is 3.83. The molecule has 0 saturated heterocycles. The first-order chi connectivity index (χ1) is 8.51. The largest absolute Gasteiger partial charge is 0.478 e. The minimum atomic E-state index is -3.20. The first kappa shape index (κ1) is 12.2. The molecule has 2 nitrogen and oxygen atoms in total. The van der Waals surface area contributed by atoms with E-state index < -0.39 is 11.9 Å². The van der Waals surface area contributed by atoms with Crippen LogP contribution in [-0.4, -0.2) is 11.1 Å². The van der Waals surface area contributed by atoms with Gasteiger partial charge in [-0.25, -0.2) is 4.79 Å². The van der Waals surface area contributed by atoms with Gasteiger partial charge in [0, 0.05) is 11.1 Å². The molecule has 0 radical (unpaired) electrons. The van der Waals surface area contributed by atoms with Crippen molar-refractivity contribution in [3.05, 3.63) is 71.3 Å². The Labute approximate surface area is 103 Å². The second kappa shape index (κ2) is 4.56. The number of aromatic carboxylic acids is 1. The Morgan fingerprint density at radius 1 is 0.944 bits per heavy atom. The van der Waals surface area contributed by atoms with Crippen LogP contribution in [0.1, 0.15) is 21.5 Å². The summed E-state index contributed by atoms with van der Waals surface area (Å²) in [6.45, 7) is 0. The fourth-order valence-corrected chi connectivity index (χ4v) is 1.66. The van der Waals surface area contributed by atoms with Gasteiger partial charge in [-0.1, -0.05) is 42.5 Å². The molecule has 0 atom stereocenters. The molecule has 0 aliphatic rings. The zero-order valence-corrected chi connectivity index (χ0v) is 9.31. The average Bonchev–Trinajstić information content (AvgIpc) is 2.40. The molecule has 2 rings (SSSR count). The maximum atomic E-state index is 14.1. The maximum Gasteiger partial charge on any atom is 0.335 e. The monoisotopic (exact) mass is 248 g/mol. The number of carboxylic acid groups (broad SMARTS) is 1. The van der Waals surface area contributed by atoms with Crippen molar-refractivity contribution in [3.63, 3.8) is 0 Å². The van der Waals surface area contributed by atoms with Gasteiger partial charge in [-0.3, -0.25) is 0 Å². The fourth-order valence-electron chi connectivity index (χ4n) is 1.66. The van der Waals surface area contributed by atoms with Gasteiger partial charge >= 0.3 is 5.97 Å². The highest BCUT2D eigenvalue weighted by Gasteiger charge is 2.34. The number of carbonyl (C=O) groups is 1. The molecule has 1 N–H and O–H groups in total. The summed E-state index contributed by atoms with van der Waals surface area (Å²) < 4.78 is 28.3. The molecule has 0 aliphatic carbocycles. The van der Waals surface area contributed by atoms with Gasteiger partial charge in [0.2, 0.25) is 0 Å². The molecule has 0 unspecified atom stereocenters. The summed E-state index contributed by atoms with van der Waals surface area (Å²) in [5.74, 6) is -4.42. The number of hydrogen-bond donors (Lipinski definition) is 1. The van der Waals surface area contributed by atoms with Gasteiger partial charge in [-0.05, 0) is 12.1 Å². The fraction of sp³-hybridized carbons (Fsp3) is 0.0714. The SMILES string of the molecule is O=C(O)c1cccc(C(F)(F)c2ccccc2)c1. The topological polar surface area (TPSA) is 37.3 Å². The number of hydrogen-bond acceptors (Lipinski definition) is 1. The Morgan fingerprint density at radius 2 is 1.56 bits per heavy atom. The molecule has 0 bridgehead atoms. The van der Waals surface area contributed by atoms with Crippen LogP contribution in [0.3, 0.4) is 0 Å². The molecular weight excluding hydrogens is 238 g/mol. The molecule has 0 heterocycles. The van der Waals surface area contributed by atoms with E-state index in [1.807, 2.05) is 0 Å². The van der Waals surface area contributed by atoms with Crippen molar-refractivity contribution in [2.45, 2.75) is 5.92 Å². The van der Waals surface area contributed by atoms with E-state index in [1.165, 1.54) is 42.5 Å². The summed E-state index contributed by atoms with van der Waals surface area (Å²) in [5.41, 5.74) is -0.635. The first-order valence-electron chi connectivity index (χ1n) is 5.29. The van der Waals surface area contributed by atoms with Crippen molar-refractivity contribution in [1.82, 2.24) is 0 Å². The summed E-state index contributed by atoms with van der Waals surface area (Å²) in [6.07, 6.45) is 0. The van der Waals surface area contributed by atoms with E-state index in [1.54, 1.807) is 6.07 Å². The van der Waals surface area contributed by atoms with E-state index in [9.17, 15) is 13.6 Å². The van der Waals surface area contributed by atoms with Crippen LogP contribution in [0.2, 0.25) is 0 Å². The van der Waals surface area contributed by atoms with E-state index in [2.05, 4.69) is 0 Å². The Kier molecular flexibility index (Phi) is 3.10. The zero-order chi connectivity index (χ0) is 13.2. The third kappa shape index (κ3) is 2.22. The van der Waals surface area contributed by atoms with Crippen molar-refractivity contribution in [1.29, 1.82) is 0 Å². The third-order valence-electron chi connectivity index (χ3n) is 2.61. The van der Waals surface area contributed by atoms with Crippen LogP contribution in [0.25, 0.3) is 0 Å². The molecule has 0 amide bonds. The Balaban J connectivity index is 2.47. The normalized spacial score (nSPS) is 11.2. The summed E-state index contributed by atoms with van der Waals surface area (Å²) in [7, 11) is 0. The number of alkyl halides is 2. The molecular formula is C14H10F2O2. The van der Waals surface area contributed by atoms with Gasteiger partial charge in [-0.2, -0.15) is 8.78 Å². The molecule has 0 fully saturated rings. The molecule has 0 saturated carbocycles. The van der Waals surface area contributed by atoms with Crippen molar-refractivity contribution in [2.75, 3.05) is 0 Å². The van der Waals surface area contributed by atoms with Gasteiger partial charge < -0.3 is 5.11 Å². The summed E-state index contributed by atoms with van der Waals surface area (Å²) >= 11 is 0. The number of halogens is 2. The predicted octanol–water partition coefficient (Wildman–Crippen LogP) is 3.52. The molecule has 0 aliphatic heterocycles. The van der Waals surface area contributed by atoms with Gasteiger partial charge in [0.25, 0.3) is 5.92 Å². The summed E-state index contributed by atoms with van der Waals surface area (Å²) in [6, 6.07) is 12.1. The van der Waals surface area contributed by atoms with Crippen LogP contribution < -0.4 is 0 Å². The van der Waals surface area contributed by atoms with Crippen molar-refractivity contribution >= 4 is 5.97 Å². The van der Waals surface area contributed by atoms with Gasteiger partial charge in [0.1, 0.15) is 0 Å². The maximum absolute atomic E-state index is 14.1. The van der Waals surface area contributed by atoms with E-state index in [0.29, 0.717) is 0 Å². The Bertz CT molecular complexity index is 565. The molecule has 2 aromatic rings. The lowest BCUT2D eigenvalue weighted by molar-refractivity contribution is 0.0427. The lowest BCUT2D eigenvalue weighted by Gasteiger charge is -2.17. The van der Waals surface area contributed by atoms with Gasteiger partial charge in [0.05, 0.1) is 5.56 Å². The Morgan fingerprint density at radius 3 is 2.17 bits per heavy atom. The minimum Gasteiger partial charge on any atom is -0.478 e. The summed E-state index contributed by atoms with van der Waals surface area (Å²) in [4.78, 5) is 10.8. The average molecular weight is 248 g/mol. The third-order valence-corrected chi connectivity index (χ3v) is 2.61. The lowest BCUT2D eigenvalue weighted by Crippen LogP contribution is -2.15. The number of rotatable bonds is 3. The van der Waals surface area contributed by atoms with Crippen LogP contribution in [0.15, 0.2) is 54.6 Å². The van der Waals surface area contributed by atoms with Gasteiger partial charge in [-0.15, -0.1) is 0 Å². The number of carboxylic acids is 1. The van der Waals surface area contributed by atoms with Crippen LogP contribution in [-0.2, 0) is 5.92 Å². The molecule has 92 valence electrons. The molecule has 0 spiro atoms. The highest BCUT2D eigenvalue weighted by atomic mass is 19.3. The highest BCUT2D eigenvalue weighted by molar-refractivity contribution is 5.87. The predicted molar refractivity (Wildman–Crippen MR) is 62.8 cm³/mol. The van der Waals surface area contributed by atoms with E-state index >= 15 is 0 Å². The van der Waals surface area contributed by atoms with E-state index in [-0.39, 0.29) is 16.7 Å². The van der Waals surface area contributed by atoms with E-state index in [0.717, 1.165) is 6.07 Å². The number of benzene rings is 2. The minimum absolute atomic E-state index is 0.150. The zero-order valence-electron chi connectivity index (χ0n) is 9.31. The lowest BCUT2D eigenvalue weighted by atomic mass is 9.99. The summed E-state index contributed by atoms with van der Waals surface area (Å²) in [5, 5.41) is 8.80. The van der Waals surface area contributed by atoms with E-state index in [4.69, 9.17) is 5.11 Å². The smallest absolute Gasteiger partial charge is 0.335 e. The second-order valence-electron chi connectivity index (χ2n) is 3.83. The standard InChI is InChI=1S/C14H10F2O2/c15-14(16,11-6-2-1-3-7-11)12-8-4-5-10(9-12)13(17)18/h1-9H,(H,17,18). The van der Waals surface area contributed by atoms with Crippen LogP contribution in [0, 0.1) is 0 Å². The van der Waals surface area contributed by atoms with Crippen LogP contribution >= 0.6 is 0 Å². The Hall–Kier alpha value is -2.23. The van der Waals surface area contributed by atoms with Crippen molar-refractivity contribution in [2.24, 2.45) is 0 Å². The van der Waals surface area contributed by atoms with Crippen LogP contribution in [0.4, 0.5) is 8.78 Å². The highest BCUT2D eigenvalue weighted by Crippen LogP contribution is 2.35. The van der Waals surface area contributed by atoms with Gasteiger partial charge in [0.15, 0.2) is 0 Å². The molecule has 2 aromatic carbocycles. The van der Waals surface area contributed by atoms with Crippen LogP contribution in [0.5, 0.6) is 0 Å². The molecule has 4 heteroatoms. The molecule has 18 heavy (non-hydrogen) atoms. The quantitative estimate of drug-likeness (QED) is 0.902.